The molecule has 1 fully saturated rings. The molecule has 6 nitrogen and oxygen atoms in total. The minimum atomic E-state index is -0.593. The summed E-state index contributed by atoms with van der Waals surface area (Å²) in [6.07, 6.45) is 1.61. The van der Waals surface area contributed by atoms with Crippen molar-refractivity contribution < 1.29 is 19.7 Å². The van der Waals surface area contributed by atoms with Gasteiger partial charge in [-0.2, -0.15) is 0 Å². The van der Waals surface area contributed by atoms with Gasteiger partial charge in [-0.05, 0) is 67.6 Å². The smallest absolute Gasteiger partial charge is 0.224 e. The Bertz CT molecular complexity index is 965. The number of nitrogens with one attached hydrogen (secondary N) is 1. The SMILES string of the molecule is CCC(=O)Nc1ccc(C(O)CN2CCC3(CC2)CC(O)c2cc(C)c(C)cc2O3)cc1. The van der Waals surface area contributed by atoms with Crippen molar-refractivity contribution in [1.82, 2.24) is 4.90 Å². The normalized spacial score (nSPS) is 21.0. The molecular weight excluding hydrogens is 404 g/mol. The summed E-state index contributed by atoms with van der Waals surface area (Å²) >= 11 is 0. The number of likely N-dealkylation sites (tertiary alicyclic amines) is 1. The summed E-state index contributed by atoms with van der Waals surface area (Å²) in [6.45, 7) is 8.12. The molecule has 0 radical (unpaired) electrons. The molecule has 3 N–H and O–H groups in total. The molecule has 0 saturated carbocycles. The monoisotopic (exact) mass is 438 g/mol. The first-order chi connectivity index (χ1) is 15.3. The average Bonchev–Trinajstić information content (AvgIpc) is 2.77. The first-order valence-electron chi connectivity index (χ1n) is 11.6. The van der Waals surface area contributed by atoms with Crippen LogP contribution in [0.3, 0.4) is 0 Å². The van der Waals surface area contributed by atoms with E-state index in [1.54, 1.807) is 0 Å². The van der Waals surface area contributed by atoms with Gasteiger partial charge in [0, 0.05) is 43.7 Å². The molecule has 4 rings (SSSR count). The molecule has 0 aliphatic carbocycles. The second-order valence-electron chi connectivity index (χ2n) is 9.32. The minimum absolute atomic E-state index is 0.0245. The number of amides is 1. The lowest BCUT2D eigenvalue weighted by Crippen LogP contribution is -2.51. The molecule has 172 valence electrons. The number of carbonyl (C=O) groups is 1. The predicted octanol–water partition coefficient (Wildman–Crippen LogP) is 4.04. The van der Waals surface area contributed by atoms with E-state index in [0.717, 1.165) is 48.5 Å². The Labute approximate surface area is 190 Å². The highest BCUT2D eigenvalue weighted by molar-refractivity contribution is 5.90. The fourth-order valence-electron chi connectivity index (χ4n) is 4.74. The standard InChI is InChI=1S/C26H34N2O4/c1-4-25(31)27-20-7-5-19(6-8-20)23(30)16-28-11-9-26(10-12-28)15-22(29)21-13-17(2)18(3)14-24(21)32-26/h5-8,13-14,22-23,29-30H,4,9-12,15-16H2,1-3H3,(H,27,31). The van der Waals surface area contributed by atoms with Gasteiger partial charge in [0.2, 0.25) is 5.91 Å². The van der Waals surface area contributed by atoms with Crippen molar-refractivity contribution in [2.45, 2.75) is 64.3 Å². The number of anilines is 1. The van der Waals surface area contributed by atoms with Crippen LogP contribution < -0.4 is 10.1 Å². The molecule has 2 aromatic rings. The van der Waals surface area contributed by atoms with Gasteiger partial charge in [0.15, 0.2) is 0 Å². The van der Waals surface area contributed by atoms with E-state index in [-0.39, 0.29) is 11.5 Å². The number of benzene rings is 2. The first kappa shape index (κ1) is 22.8. The molecule has 2 heterocycles. The van der Waals surface area contributed by atoms with Gasteiger partial charge >= 0.3 is 0 Å². The Morgan fingerprint density at radius 2 is 1.84 bits per heavy atom. The molecule has 0 bridgehead atoms. The van der Waals surface area contributed by atoms with Crippen molar-refractivity contribution >= 4 is 11.6 Å². The zero-order chi connectivity index (χ0) is 22.9. The summed E-state index contributed by atoms with van der Waals surface area (Å²) in [5.41, 5.74) is 4.49. The van der Waals surface area contributed by atoms with Crippen LogP contribution in [0, 0.1) is 13.8 Å². The van der Waals surface area contributed by atoms with Crippen LogP contribution in [0.25, 0.3) is 0 Å². The third kappa shape index (κ3) is 4.82. The van der Waals surface area contributed by atoms with Gasteiger partial charge in [-0.25, -0.2) is 0 Å². The fourth-order valence-corrected chi connectivity index (χ4v) is 4.74. The Balaban J connectivity index is 1.34. The molecule has 2 unspecified atom stereocenters. The highest BCUT2D eigenvalue weighted by Crippen LogP contribution is 2.45. The maximum absolute atomic E-state index is 11.5. The lowest BCUT2D eigenvalue weighted by atomic mass is 9.81. The van der Waals surface area contributed by atoms with Crippen molar-refractivity contribution in [3.63, 3.8) is 0 Å². The van der Waals surface area contributed by atoms with E-state index in [2.05, 4.69) is 30.1 Å². The number of β-amino-alcohol motifs (C(OH)–C–C–N with tert-alkyl or cyclic N) is 1. The van der Waals surface area contributed by atoms with Crippen LogP contribution in [0.2, 0.25) is 0 Å². The molecule has 2 aliphatic rings. The lowest BCUT2D eigenvalue weighted by molar-refractivity contribution is -0.115. The highest BCUT2D eigenvalue weighted by Gasteiger charge is 2.43. The van der Waals surface area contributed by atoms with Crippen LogP contribution in [0.15, 0.2) is 36.4 Å². The van der Waals surface area contributed by atoms with E-state index in [0.29, 0.717) is 19.4 Å². The van der Waals surface area contributed by atoms with E-state index in [4.69, 9.17) is 4.74 Å². The number of rotatable bonds is 5. The number of carbonyl (C=O) groups excluding carboxylic acids is 1. The average molecular weight is 439 g/mol. The molecule has 1 spiro atoms. The van der Waals surface area contributed by atoms with Crippen molar-refractivity contribution in [3.8, 4) is 5.75 Å². The van der Waals surface area contributed by atoms with Crippen LogP contribution in [-0.2, 0) is 4.79 Å². The number of hydrogen-bond donors (Lipinski definition) is 3. The van der Waals surface area contributed by atoms with Crippen LogP contribution >= 0.6 is 0 Å². The quantitative estimate of drug-likeness (QED) is 0.657. The Morgan fingerprint density at radius 1 is 1.19 bits per heavy atom. The molecule has 1 amide bonds. The molecule has 0 aromatic heterocycles. The van der Waals surface area contributed by atoms with Gasteiger partial charge in [0.05, 0.1) is 12.2 Å². The number of aryl methyl sites for hydroxylation is 2. The van der Waals surface area contributed by atoms with Crippen molar-refractivity contribution in [2.75, 3.05) is 25.0 Å². The fraction of sp³-hybridized carbons (Fsp3) is 0.500. The molecule has 2 aromatic carbocycles. The minimum Gasteiger partial charge on any atom is -0.487 e. The van der Waals surface area contributed by atoms with Crippen molar-refractivity contribution in [1.29, 1.82) is 0 Å². The maximum atomic E-state index is 11.5. The number of ether oxygens (including phenoxy) is 1. The van der Waals surface area contributed by atoms with Crippen LogP contribution in [0.5, 0.6) is 5.75 Å². The zero-order valence-electron chi connectivity index (χ0n) is 19.2. The second-order valence-corrected chi connectivity index (χ2v) is 9.32. The third-order valence-electron chi connectivity index (χ3n) is 6.98. The zero-order valence-corrected chi connectivity index (χ0v) is 19.2. The van der Waals surface area contributed by atoms with E-state index < -0.39 is 12.2 Å². The van der Waals surface area contributed by atoms with E-state index >= 15 is 0 Å². The van der Waals surface area contributed by atoms with Crippen molar-refractivity contribution in [2.24, 2.45) is 0 Å². The molecule has 1 saturated heterocycles. The molecule has 32 heavy (non-hydrogen) atoms. The predicted molar refractivity (Wildman–Crippen MR) is 125 cm³/mol. The second kappa shape index (κ2) is 9.22. The number of nitrogens with zero attached hydrogens (tertiary/aromatic N) is 1. The number of hydrogen-bond acceptors (Lipinski definition) is 5. The van der Waals surface area contributed by atoms with Gasteiger partial charge < -0.3 is 25.2 Å². The maximum Gasteiger partial charge on any atom is 0.224 e. The number of aliphatic hydroxyl groups is 2. The van der Waals surface area contributed by atoms with Crippen LogP contribution in [-0.4, -0.2) is 46.3 Å². The number of aliphatic hydroxyl groups excluding tert-OH is 2. The van der Waals surface area contributed by atoms with E-state index in [1.165, 1.54) is 11.1 Å². The summed E-state index contributed by atoms with van der Waals surface area (Å²) in [5.74, 6) is 0.791. The van der Waals surface area contributed by atoms with Gasteiger partial charge in [-0.1, -0.05) is 19.1 Å². The van der Waals surface area contributed by atoms with E-state index in [1.807, 2.05) is 37.3 Å². The molecular formula is C26H34N2O4. The largest absolute Gasteiger partial charge is 0.487 e. The summed E-state index contributed by atoms with van der Waals surface area (Å²) in [6, 6.07) is 11.5. The number of piperidine rings is 1. The van der Waals surface area contributed by atoms with Gasteiger partial charge in [0.25, 0.3) is 0 Å². The Kier molecular flexibility index (Phi) is 6.56. The third-order valence-corrected chi connectivity index (χ3v) is 6.98. The summed E-state index contributed by atoms with van der Waals surface area (Å²) in [4.78, 5) is 13.8. The van der Waals surface area contributed by atoms with Gasteiger partial charge in [-0.3, -0.25) is 4.79 Å². The van der Waals surface area contributed by atoms with Gasteiger partial charge in [-0.15, -0.1) is 0 Å². The summed E-state index contributed by atoms with van der Waals surface area (Å²) < 4.78 is 6.47. The molecule has 2 atom stereocenters. The summed E-state index contributed by atoms with van der Waals surface area (Å²) in [7, 11) is 0. The van der Waals surface area contributed by atoms with Crippen LogP contribution in [0.1, 0.15) is 67.1 Å². The highest BCUT2D eigenvalue weighted by atomic mass is 16.5. The molecule has 2 aliphatic heterocycles. The van der Waals surface area contributed by atoms with Crippen molar-refractivity contribution in [3.05, 3.63) is 58.7 Å². The van der Waals surface area contributed by atoms with E-state index in [9.17, 15) is 15.0 Å². The topological polar surface area (TPSA) is 82.0 Å². The Morgan fingerprint density at radius 3 is 2.50 bits per heavy atom. The van der Waals surface area contributed by atoms with Gasteiger partial charge in [0.1, 0.15) is 11.4 Å². The van der Waals surface area contributed by atoms with Crippen LogP contribution in [0.4, 0.5) is 5.69 Å². The first-order valence-corrected chi connectivity index (χ1v) is 11.6. The molecule has 6 heteroatoms. The Hall–Kier alpha value is -2.41. The lowest BCUT2D eigenvalue weighted by Gasteiger charge is -2.46. The summed E-state index contributed by atoms with van der Waals surface area (Å²) in [5, 5.41) is 24.3. The number of fused-ring (bicyclic) bond motifs is 1.